The Morgan fingerprint density at radius 3 is 2.45 bits per heavy atom. The van der Waals surface area contributed by atoms with Crippen LogP contribution in [0.4, 0.5) is 5.69 Å². The molecule has 0 fully saturated rings. The first-order chi connectivity index (χ1) is 9.65. The van der Waals surface area contributed by atoms with E-state index in [1.165, 1.54) is 24.3 Å². The summed E-state index contributed by atoms with van der Waals surface area (Å²) in [4.78, 5) is 21.8. The summed E-state index contributed by atoms with van der Waals surface area (Å²) in [5.41, 5.74) is 0.504. The van der Waals surface area contributed by atoms with Gasteiger partial charge in [0.2, 0.25) is 0 Å². The van der Waals surface area contributed by atoms with Gasteiger partial charge in [0.15, 0.2) is 5.78 Å². The minimum Gasteiger partial charge on any atom is -0.382 e. The molecule has 0 saturated carbocycles. The molecule has 0 aromatic heterocycles. The van der Waals surface area contributed by atoms with Gasteiger partial charge in [-0.1, -0.05) is 0 Å². The van der Waals surface area contributed by atoms with Crippen LogP contribution in [0.15, 0.2) is 24.3 Å². The molecule has 0 spiro atoms. The summed E-state index contributed by atoms with van der Waals surface area (Å²) in [6.45, 7) is 1.74. The summed E-state index contributed by atoms with van der Waals surface area (Å²) in [6, 6.07) is 5.69. The fourth-order valence-corrected chi connectivity index (χ4v) is 1.65. The highest BCUT2D eigenvalue weighted by molar-refractivity contribution is 5.96. The molecule has 0 amide bonds. The molecule has 0 N–H and O–H groups in total. The van der Waals surface area contributed by atoms with Gasteiger partial charge in [-0.15, -0.1) is 0 Å². The van der Waals surface area contributed by atoms with Crippen LogP contribution in [-0.4, -0.2) is 37.6 Å². The molecular formula is C14H19NO5. The van der Waals surface area contributed by atoms with Crippen LogP contribution in [0.5, 0.6) is 0 Å². The Labute approximate surface area is 117 Å². The lowest BCUT2D eigenvalue weighted by atomic mass is 10.1. The van der Waals surface area contributed by atoms with Gasteiger partial charge in [-0.2, -0.15) is 0 Å². The van der Waals surface area contributed by atoms with E-state index in [0.29, 0.717) is 31.8 Å². The number of nitro benzene ring substituents is 1. The first-order valence-electron chi connectivity index (χ1n) is 6.49. The van der Waals surface area contributed by atoms with Crippen molar-refractivity contribution >= 4 is 11.5 Å². The van der Waals surface area contributed by atoms with Gasteiger partial charge in [-0.05, 0) is 25.0 Å². The molecule has 110 valence electrons. The number of nitrogens with zero attached hydrogens (tertiary/aromatic N) is 1. The Kier molecular flexibility index (Phi) is 7.46. The maximum absolute atomic E-state index is 11.8. The zero-order valence-corrected chi connectivity index (χ0v) is 11.5. The number of hydrogen-bond donors (Lipinski definition) is 0. The number of non-ortho nitro benzene ring substituents is 1. The number of unbranched alkanes of at least 4 members (excludes halogenated alkanes) is 1. The average Bonchev–Trinajstić information content (AvgIpc) is 2.46. The molecular weight excluding hydrogens is 262 g/mol. The highest BCUT2D eigenvalue weighted by Gasteiger charge is 2.09. The van der Waals surface area contributed by atoms with Crippen molar-refractivity contribution < 1.29 is 19.2 Å². The van der Waals surface area contributed by atoms with Crippen LogP contribution in [0.25, 0.3) is 0 Å². The lowest BCUT2D eigenvalue weighted by Crippen LogP contribution is -2.04. The van der Waals surface area contributed by atoms with Crippen molar-refractivity contribution in [3.8, 4) is 0 Å². The van der Waals surface area contributed by atoms with Gasteiger partial charge in [0.25, 0.3) is 5.69 Å². The van der Waals surface area contributed by atoms with Gasteiger partial charge in [0, 0.05) is 37.8 Å². The Balaban J connectivity index is 2.24. The van der Waals surface area contributed by atoms with Crippen LogP contribution in [-0.2, 0) is 9.47 Å². The van der Waals surface area contributed by atoms with Crippen molar-refractivity contribution in [3.05, 3.63) is 39.9 Å². The number of ether oxygens (including phenoxy) is 2. The summed E-state index contributed by atoms with van der Waals surface area (Å²) in [6.07, 6.45) is 1.97. The standard InChI is InChI=1S/C14H19NO5/c1-19-10-11-20-9-3-2-4-14(16)12-5-7-13(8-6-12)15(17)18/h5-8H,2-4,9-11H2,1H3. The fourth-order valence-electron chi connectivity index (χ4n) is 1.65. The summed E-state index contributed by atoms with van der Waals surface area (Å²) in [5.74, 6) is -0.00297. The third-order valence-electron chi connectivity index (χ3n) is 2.77. The number of ketones is 1. The Morgan fingerprint density at radius 1 is 1.15 bits per heavy atom. The minimum atomic E-state index is -0.481. The topological polar surface area (TPSA) is 78.7 Å². The third-order valence-corrected chi connectivity index (χ3v) is 2.77. The van der Waals surface area contributed by atoms with Crippen molar-refractivity contribution in [3.63, 3.8) is 0 Å². The molecule has 1 aromatic carbocycles. The molecule has 0 aliphatic heterocycles. The monoisotopic (exact) mass is 281 g/mol. The molecule has 0 atom stereocenters. The van der Waals surface area contributed by atoms with Gasteiger partial charge in [-0.3, -0.25) is 14.9 Å². The van der Waals surface area contributed by atoms with E-state index in [2.05, 4.69) is 0 Å². The molecule has 1 aromatic rings. The SMILES string of the molecule is COCCOCCCCC(=O)c1ccc([N+](=O)[O-])cc1. The smallest absolute Gasteiger partial charge is 0.269 e. The van der Waals surface area contributed by atoms with Gasteiger partial charge in [-0.25, -0.2) is 0 Å². The number of benzene rings is 1. The number of nitro groups is 1. The Morgan fingerprint density at radius 2 is 1.85 bits per heavy atom. The summed E-state index contributed by atoms with van der Waals surface area (Å²) < 4.78 is 10.1. The van der Waals surface area contributed by atoms with Crippen LogP contribution >= 0.6 is 0 Å². The highest BCUT2D eigenvalue weighted by Crippen LogP contribution is 2.14. The molecule has 0 aliphatic carbocycles. The largest absolute Gasteiger partial charge is 0.382 e. The predicted octanol–water partition coefficient (Wildman–Crippen LogP) is 2.61. The van der Waals surface area contributed by atoms with Crippen molar-refractivity contribution in [1.82, 2.24) is 0 Å². The van der Waals surface area contributed by atoms with E-state index in [9.17, 15) is 14.9 Å². The first kappa shape index (κ1) is 16.3. The van der Waals surface area contributed by atoms with Crippen LogP contribution in [0.2, 0.25) is 0 Å². The number of carbonyl (C=O) groups is 1. The summed E-state index contributed by atoms with van der Waals surface area (Å²) in [7, 11) is 1.62. The first-order valence-corrected chi connectivity index (χ1v) is 6.49. The van der Waals surface area contributed by atoms with Crippen LogP contribution in [0, 0.1) is 10.1 Å². The fraction of sp³-hybridized carbons (Fsp3) is 0.500. The van der Waals surface area contributed by atoms with Crippen molar-refractivity contribution in [2.75, 3.05) is 26.9 Å². The predicted molar refractivity (Wildman–Crippen MR) is 74.0 cm³/mol. The van der Waals surface area contributed by atoms with Crippen molar-refractivity contribution in [2.24, 2.45) is 0 Å². The van der Waals surface area contributed by atoms with Crippen LogP contribution < -0.4 is 0 Å². The molecule has 0 aliphatic rings. The quantitative estimate of drug-likeness (QED) is 0.285. The van der Waals surface area contributed by atoms with E-state index in [0.717, 1.165) is 12.8 Å². The van der Waals surface area contributed by atoms with Crippen molar-refractivity contribution in [2.45, 2.75) is 19.3 Å². The number of hydrogen-bond acceptors (Lipinski definition) is 5. The molecule has 0 bridgehead atoms. The molecule has 6 nitrogen and oxygen atoms in total. The number of carbonyl (C=O) groups excluding carboxylic acids is 1. The summed E-state index contributed by atoms with van der Waals surface area (Å²) in [5, 5.41) is 10.5. The second-order valence-corrected chi connectivity index (χ2v) is 4.29. The molecule has 0 radical (unpaired) electrons. The van der Waals surface area contributed by atoms with E-state index in [1.807, 2.05) is 0 Å². The van der Waals surface area contributed by atoms with E-state index in [-0.39, 0.29) is 11.5 Å². The lowest BCUT2D eigenvalue weighted by Gasteiger charge is -2.03. The lowest BCUT2D eigenvalue weighted by molar-refractivity contribution is -0.384. The molecule has 20 heavy (non-hydrogen) atoms. The second-order valence-electron chi connectivity index (χ2n) is 4.29. The van der Waals surface area contributed by atoms with E-state index >= 15 is 0 Å². The maximum Gasteiger partial charge on any atom is 0.269 e. The Hall–Kier alpha value is -1.79. The third kappa shape index (κ3) is 5.90. The normalized spacial score (nSPS) is 10.4. The Bertz CT molecular complexity index is 430. The zero-order chi connectivity index (χ0) is 14.8. The molecule has 1 rings (SSSR count). The van der Waals surface area contributed by atoms with Gasteiger partial charge in [0.1, 0.15) is 0 Å². The number of methoxy groups -OCH3 is 1. The van der Waals surface area contributed by atoms with E-state index in [4.69, 9.17) is 9.47 Å². The number of Topliss-reactive ketones (excluding diaryl/α,β-unsaturated/α-hetero) is 1. The maximum atomic E-state index is 11.8. The van der Waals surface area contributed by atoms with Crippen molar-refractivity contribution in [1.29, 1.82) is 0 Å². The molecule has 6 heteroatoms. The minimum absolute atomic E-state index is 0.00297. The molecule has 0 unspecified atom stereocenters. The second kappa shape index (κ2) is 9.17. The van der Waals surface area contributed by atoms with Crippen LogP contribution in [0.3, 0.4) is 0 Å². The van der Waals surface area contributed by atoms with E-state index in [1.54, 1.807) is 7.11 Å². The van der Waals surface area contributed by atoms with Gasteiger partial charge < -0.3 is 9.47 Å². The van der Waals surface area contributed by atoms with E-state index < -0.39 is 4.92 Å². The van der Waals surface area contributed by atoms with Gasteiger partial charge in [0.05, 0.1) is 18.1 Å². The molecule has 0 heterocycles. The highest BCUT2D eigenvalue weighted by atomic mass is 16.6. The zero-order valence-electron chi connectivity index (χ0n) is 11.5. The van der Waals surface area contributed by atoms with Gasteiger partial charge >= 0.3 is 0 Å². The van der Waals surface area contributed by atoms with Crippen LogP contribution in [0.1, 0.15) is 29.6 Å². The average molecular weight is 281 g/mol. The number of rotatable bonds is 10. The molecule has 0 saturated heterocycles. The summed E-state index contributed by atoms with van der Waals surface area (Å²) >= 11 is 0.